The maximum Gasteiger partial charge on any atom is 0.329 e. The average Bonchev–Trinajstić information content (AvgIpc) is 3.06. The Kier molecular flexibility index (Phi) is 5.03. The Morgan fingerprint density at radius 1 is 1.41 bits per heavy atom. The topological polar surface area (TPSA) is 65.0 Å². The molecule has 1 aliphatic heterocycles. The van der Waals surface area contributed by atoms with Crippen LogP contribution in [0.3, 0.4) is 0 Å². The summed E-state index contributed by atoms with van der Waals surface area (Å²) in [6, 6.07) is 1.17. The highest BCUT2D eigenvalue weighted by Gasteiger charge is 2.76. The first kappa shape index (κ1) is 15.0. The fourth-order valence-corrected chi connectivity index (χ4v) is 4.07. The molecule has 0 spiro atoms. The predicted octanol–water partition coefficient (Wildman–Crippen LogP) is 0.0821. The molecule has 0 bridgehead atoms. The van der Waals surface area contributed by atoms with Crippen molar-refractivity contribution in [1.82, 2.24) is 0 Å². The molecule has 17 heavy (non-hydrogen) atoms. The minimum Gasteiger partial charge on any atom is -0.480 e. The predicted molar refractivity (Wildman–Crippen MR) is 69.5 cm³/mol. The van der Waals surface area contributed by atoms with Gasteiger partial charge in [0.25, 0.3) is 0 Å². The second kappa shape index (κ2) is 5.70. The van der Waals surface area contributed by atoms with E-state index in [1.807, 2.05) is 0 Å². The first-order valence-electron chi connectivity index (χ1n) is 5.61. The Labute approximate surface area is 109 Å². The van der Waals surface area contributed by atoms with Crippen LogP contribution in [0.5, 0.6) is 0 Å². The van der Waals surface area contributed by atoms with Crippen LogP contribution in [0.15, 0.2) is 0 Å². The number of ether oxygens (including phenoxy) is 3. The number of methoxy groups -OCH3 is 3. The molecule has 0 amide bonds. The molecule has 5 nitrogen and oxygen atoms in total. The molecular weight excluding hydrogens is 260 g/mol. The van der Waals surface area contributed by atoms with Gasteiger partial charge in [0, 0.05) is 36.8 Å². The minimum atomic E-state index is -1.50. The molecular formula is C10H20O5SSi. The van der Waals surface area contributed by atoms with Crippen molar-refractivity contribution in [1.29, 1.82) is 0 Å². The van der Waals surface area contributed by atoms with Gasteiger partial charge < -0.3 is 19.3 Å². The van der Waals surface area contributed by atoms with Crippen LogP contribution >= 0.6 is 11.8 Å². The summed E-state index contributed by atoms with van der Waals surface area (Å²) < 4.78 is 14.5. The Morgan fingerprint density at radius 3 is 2.29 bits per heavy atom. The van der Waals surface area contributed by atoms with Crippen LogP contribution in [0.2, 0.25) is 6.04 Å². The number of hydrogen-bond donors (Lipinski definition) is 1. The molecule has 1 fully saturated rings. The van der Waals surface area contributed by atoms with Gasteiger partial charge in [0.05, 0.1) is 0 Å². The molecule has 0 aliphatic carbocycles. The van der Waals surface area contributed by atoms with Crippen LogP contribution in [0.25, 0.3) is 0 Å². The van der Waals surface area contributed by atoms with E-state index in [1.54, 1.807) is 0 Å². The van der Waals surface area contributed by atoms with E-state index in [2.05, 4.69) is 0 Å². The van der Waals surface area contributed by atoms with Gasteiger partial charge in [-0.3, -0.25) is 4.79 Å². The second-order valence-electron chi connectivity index (χ2n) is 3.96. The van der Waals surface area contributed by atoms with E-state index in [4.69, 9.17) is 14.2 Å². The van der Waals surface area contributed by atoms with Gasteiger partial charge in [-0.1, -0.05) is 12.5 Å². The molecule has 7 heteroatoms. The van der Waals surface area contributed by atoms with Gasteiger partial charge in [0.15, 0.2) is 0 Å². The number of carboxylic acids is 1. The van der Waals surface area contributed by atoms with Crippen molar-refractivity contribution in [3.8, 4) is 0 Å². The fraction of sp³-hybridized carbons (Fsp3) is 0.900. The third-order valence-electron chi connectivity index (χ3n) is 3.12. The number of aliphatic carboxylic acids is 1. The summed E-state index contributed by atoms with van der Waals surface area (Å²) in [5, 5.41) is 9.44. The number of thioether (sulfide) groups is 1. The first-order valence-corrected chi connectivity index (χ1v) is 7.90. The van der Waals surface area contributed by atoms with Gasteiger partial charge in [-0.2, -0.15) is 0 Å². The highest BCUT2D eigenvalue weighted by Crippen LogP contribution is 2.63. The third-order valence-corrected chi connectivity index (χ3v) is 5.53. The highest BCUT2D eigenvalue weighted by atomic mass is 32.2. The van der Waals surface area contributed by atoms with E-state index >= 15 is 0 Å². The standard InChI is InChI=1S/C10H20O5SSi/c1-13-10(14-2,15-3)9(8(11)12)7(16-9)5-4-6-17/h7H,4-6H2,1-3,17H3,(H,11,12). The van der Waals surface area contributed by atoms with Crippen LogP contribution in [0.4, 0.5) is 0 Å². The lowest BCUT2D eigenvalue weighted by Crippen LogP contribution is -2.55. The van der Waals surface area contributed by atoms with Gasteiger partial charge in [-0.15, -0.1) is 11.8 Å². The Balaban J connectivity index is 2.91. The molecule has 1 heterocycles. The molecule has 100 valence electrons. The third kappa shape index (κ3) is 2.26. The summed E-state index contributed by atoms with van der Waals surface area (Å²) in [6.07, 6.45) is 1.91. The number of hydrogen-bond acceptors (Lipinski definition) is 5. The van der Waals surface area contributed by atoms with Gasteiger partial charge in [-0.25, -0.2) is 0 Å². The van der Waals surface area contributed by atoms with E-state index in [0.29, 0.717) is 0 Å². The molecule has 1 saturated heterocycles. The van der Waals surface area contributed by atoms with Gasteiger partial charge in [-0.05, 0) is 6.42 Å². The highest BCUT2D eigenvalue weighted by molar-refractivity contribution is 8.09. The maximum absolute atomic E-state index is 11.5. The van der Waals surface area contributed by atoms with E-state index in [1.165, 1.54) is 39.1 Å². The van der Waals surface area contributed by atoms with Crippen molar-refractivity contribution in [3.63, 3.8) is 0 Å². The second-order valence-corrected chi connectivity index (χ2v) is 6.41. The van der Waals surface area contributed by atoms with E-state index in [9.17, 15) is 9.90 Å². The molecule has 0 aromatic carbocycles. The van der Waals surface area contributed by atoms with Crippen molar-refractivity contribution in [2.75, 3.05) is 21.3 Å². The van der Waals surface area contributed by atoms with Gasteiger partial charge in [0.2, 0.25) is 4.75 Å². The normalized spacial score (nSPS) is 28.3. The monoisotopic (exact) mass is 280 g/mol. The zero-order valence-electron chi connectivity index (χ0n) is 10.7. The molecule has 0 saturated carbocycles. The summed E-state index contributed by atoms with van der Waals surface area (Å²) in [6.45, 7) is 0. The van der Waals surface area contributed by atoms with Crippen molar-refractivity contribution < 1.29 is 24.1 Å². The lowest BCUT2D eigenvalue weighted by molar-refractivity contribution is -0.360. The zero-order chi connectivity index (χ0) is 13.1. The summed E-state index contributed by atoms with van der Waals surface area (Å²) in [5.41, 5.74) is 0. The van der Waals surface area contributed by atoms with Crippen LogP contribution in [-0.4, -0.2) is 58.6 Å². The molecule has 1 N–H and O–H groups in total. The van der Waals surface area contributed by atoms with Crippen LogP contribution in [0, 0.1) is 0 Å². The van der Waals surface area contributed by atoms with Crippen LogP contribution in [0.1, 0.15) is 12.8 Å². The Morgan fingerprint density at radius 2 is 1.94 bits per heavy atom. The Bertz CT molecular complexity index is 276. The molecule has 1 rings (SSSR count). The van der Waals surface area contributed by atoms with E-state index < -0.39 is 16.7 Å². The van der Waals surface area contributed by atoms with E-state index in [0.717, 1.165) is 23.1 Å². The van der Waals surface area contributed by atoms with Crippen molar-refractivity contribution in [2.24, 2.45) is 0 Å². The summed E-state index contributed by atoms with van der Waals surface area (Å²) in [4.78, 5) is 11.5. The average molecular weight is 280 g/mol. The number of carbonyl (C=O) groups is 1. The van der Waals surface area contributed by atoms with Crippen molar-refractivity contribution in [2.45, 2.75) is 34.9 Å². The van der Waals surface area contributed by atoms with Crippen LogP contribution in [-0.2, 0) is 19.0 Å². The fourth-order valence-electron chi connectivity index (χ4n) is 2.14. The number of carboxylic acid groups (broad SMARTS) is 1. The lowest BCUT2D eigenvalue weighted by atomic mass is 9.99. The Hall–Kier alpha value is -0.0831. The number of rotatable bonds is 8. The molecule has 2 unspecified atom stereocenters. The zero-order valence-corrected chi connectivity index (χ0v) is 13.5. The van der Waals surface area contributed by atoms with E-state index in [-0.39, 0.29) is 5.25 Å². The minimum absolute atomic E-state index is 0.00574. The van der Waals surface area contributed by atoms with Crippen molar-refractivity contribution >= 4 is 28.0 Å². The van der Waals surface area contributed by atoms with Gasteiger partial charge in [0.1, 0.15) is 0 Å². The molecule has 2 atom stereocenters. The van der Waals surface area contributed by atoms with Crippen LogP contribution < -0.4 is 0 Å². The summed E-state index contributed by atoms with van der Waals surface area (Å²) in [7, 11) is 5.35. The summed E-state index contributed by atoms with van der Waals surface area (Å²) >= 11 is 1.35. The lowest BCUT2D eigenvalue weighted by Gasteiger charge is -2.33. The summed E-state index contributed by atoms with van der Waals surface area (Å²) in [5.74, 6) is -2.44. The SMILES string of the molecule is COC(OC)(OC)C1(C(=O)O)SC1CCC[SiH3]. The molecule has 0 aromatic heterocycles. The quantitative estimate of drug-likeness (QED) is 0.386. The molecule has 0 aromatic rings. The van der Waals surface area contributed by atoms with Crippen molar-refractivity contribution in [3.05, 3.63) is 0 Å². The smallest absolute Gasteiger partial charge is 0.329 e. The van der Waals surface area contributed by atoms with Gasteiger partial charge >= 0.3 is 11.9 Å². The largest absolute Gasteiger partial charge is 0.480 e. The first-order chi connectivity index (χ1) is 8.04. The molecule has 0 radical (unpaired) electrons. The molecule has 1 aliphatic rings. The maximum atomic E-state index is 11.5.